The fraction of sp³-hybridized carbons (Fsp3) is 0.308. The zero-order valence-corrected chi connectivity index (χ0v) is 9.04. The lowest BCUT2D eigenvalue weighted by Crippen LogP contribution is -1.84. The number of furan rings is 1. The van der Waals surface area contributed by atoms with E-state index in [9.17, 15) is 4.79 Å². The fourth-order valence-electron chi connectivity index (χ4n) is 1.92. The second-order valence-electron chi connectivity index (χ2n) is 3.56. The van der Waals surface area contributed by atoms with Gasteiger partial charge in [0.15, 0.2) is 6.29 Å². The van der Waals surface area contributed by atoms with Crippen LogP contribution in [0.1, 0.15) is 35.5 Å². The molecule has 2 nitrogen and oxygen atoms in total. The van der Waals surface area contributed by atoms with Crippen LogP contribution in [-0.2, 0) is 12.8 Å². The van der Waals surface area contributed by atoms with Crippen LogP contribution >= 0.6 is 0 Å². The highest BCUT2D eigenvalue weighted by Crippen LogP contribution is 2.28. The van der Waals surface area contributed by atoms with Gasteiger partial charge in [-0.2, -0.15) is 0 Å². The molecule has 0 saturated heterocycles. The van der Waals surface area contributed by atoms with E-state index in [0.717, 1.165) is 41.4 Å². The van der Waals surface area contributed by atoms with Crippen LogP contribution in [0.2, 0.25) is 0 Å². The van der Waals surface area contributed by atoms with Gasteiger partial charge in [-0.15, -0.1) is 0 Å². The van der Waals surface area contributed by atoms with Crippen LogP contribution < -0.4 is 0 Å². The Kier molecular flexibility index (Phi) is 2.58. The van der Waals surface area contributed by atoms with Gasteiger partial charge in [0.1, 0.15) is 11.3 Å². The van der Waals surface area contributed by atoms with Gasteiger partial charge >= 0.3 is 0 Å². The number of para-hydroxylation sites is 1. The van der Waals surface area contributed by atoms with Crippen LogP contribution in [0.25, 0.3) is 11.0 Å². The minimum absolute atomic E-state index is 0.711. The minimum Gasteiger partial charge on any atom is -0.460 e. The lowest BCUT2D eigenvalue weighted by atomic mass is 10.1. The number of hydrogen-bond acceptors (Lipinski definition) is 2. The van der Waals surface area contributed by atoms with E-state index >= 15 is 0 Å². The number of benzene rings is 1. The molecule has 1 aromatic carbocycles. The van der Waals surface area contributed by atoms with Crippen molar-refractivity contribution >= 4 is 17.3 Å². The van der Waals surface area contributed by atoms with Crippen molar-refractivity contribution in [2.45, 2.75) is 26.7 Å². The van der Waals surface area contributed by atoms with Crippen molar-refractivity contribution in [1.29, 1.82) is 0 Å². The molecular weight excluding hydrogens is 188 g/mol. The first kappa shape index (κ1) is 9.97. The largest absolute Gasteiger partial charge is 0.460 e. The molecule has 15 heavy (non-hydrogen) atoms. The highest BCUT2D eigenvalue weighted by atomic mass is 16.3. The van der Waals surface area contributed by atoms with Gasteiger partial charge in [0.25, 0.3) is 0 Å². The van der Waals surface area contributed by atoms with E-state index < -0.39 is 0 Å². The maximum atomic E-state index is 11.0. The van der Waals surface area contributed by atoms with Crippen molar-refractivity contribution in [2.24, 2.45) is 0 Å². The van der Waals surface area contributed by atoms with Crippen molar-refractivity contribution in [2.75, 3.05) is 0 Å². The van der Waals surface area contributed by atoms with Gasteiger partial charge in [-0.1, -0.05) is 32.0 Å². The average Bonchev–Trinajstić information content (AvgIpc) is 2.66. The van der Waals surface area contributed by atoms with E-state index in [0.29, 0.717) is 5.56 Å². The molecule has 0 unspecified atom stereocenters. The first-order valence-corrected chi connectivity index (χ1v) is 5.30. The molecule has 0 spiro atoms. The molecule has 0 atom stereocenters. The zero-order chi connectivity index (χ0) is 10.8. The molecule has 0 aliphatic rings. The van der Waals surface area contributed by atoms with Gasteiger partial charge in [-0.3, -0.25) is 4.79 Å². The van der Waals surface area contributed by atoms with Crippen molar-refractivity contribution in [3.05, 3.63) is 35.1 Å². The molecule has 1 heterocycles. The van der Waals surface area contributed by atoms with Crippen LogP contribution in [0.4, 0.5) is 0 Å². The predicted molar refractivity (Wildman–Crippen MR) is 60.4 cm³/mol. The third-order valence-corrected chi connectivity index (χ3v) is 2.73. The lowest BCUT2D eigenvalue weighted by molar-refractivity contribution is 0.112. The fourth-order valence-corrected chi connectivity index (χ4v) is 1.92. The van der Waals surface area contributed by atoms with Crippen LogP contribution in [0.15, 0.2) is 22.6 Å². The van der Waals surface area contributed by atoms with Crippen molar-refractivity contribution < 1.29 is 9.21 Å². The molecule has 0 aliphatic heterocycles. The number of rotatable bonds is 3. The number of aryl methyl sites for hydroxylation is 2. The van der Waals surface area contributed by atoms with E-state index in [1.165, 1.54) is 0 Å². The van der Waals surface area contributed by atoms with E-state index in [-0.39, 0.29) is 0 Å². The Hall–Kier alpha value is -1.57. The number of carbonyl (C=O) groups excluding carboxylic acids is 1. The molecule has 2 heteroatoms. The summed E-state index contributed by atoms with van der Waals surface area (Å²) in [5.74, 6) is 0.793. The summed E-state index contributed by atoms with van der Waals surface area (Å²) in [4.78, 5) is 11.0. The first-order valence-electron chi connectivity index (χ1n) is 5.30. The molecule has 0 saturated carbocycles. The lowest BCUT2D eigenvalue weighted by Gasteiger charge is -1.96. The molecule has 0 radical (unpaired) electrons. The molecule has 78 valence electrons. The Morgan fingerprint density at radius 1 is 1.27 bits per heavy atom. The van der Waals surface area contributed by atoms with Crippen LogP contribution in [0.3, 0.4) is 0 Å². The van der Waals surface area contributed by atoms with Gasteiger partial charge in [-0.25, -0.2) is 0 Å². The van der Waals surface area contributed by atoms with E-state index in [4.69, 9.17) is 4.42 Å². The zero-order valence-electron chi connectivity index (χ0n) is 9.04. The maximum absolute atomic E-state index is 11.0. The first-order chi connectivity index (χ1) is 7.31. The second kappa shape index (κ2) is 3.89. The molecule has 0 fully saturated rings. The Balaban J connectivity index is 2.80. The second-order valence-corrected chi connectivity index (χ2v) is 3.56. The summed E-state index contributed by atoms with van der Waals surface area (Å²) in [6, 6.07) is 5.96. The summed E-state index contributed by atoms with van der Waals surface area (Å²) in [6.07, 6.45) is 2.57. The topological polar surface area (TPSA) is 30.2 Å². The quantitative estimate of drug-likeness (QED) is 0.714. The average molecular weight is 202 g/mol. The molecule has 1 aromatic heterocycles. The van der Waals surface area contributed by atoms with Gasteiger partial charge in [0.05, 0.1) is 5.56 Å². The Morgan fingerprint density at radius 2 is 2.07 bits per heavy atom. The number of hydrogen-bond donors (Lipinski definition) is 0. The number of carbonyl (C=O) groups is 1. The molecular formula is C13H14O2. The van der Waals surface area contributed by atoms with Crippen molar-refractivity contribution in [1.82, 2.24) is 0 Å². The summed E-state index contributed by atoms with van der Waals surface area (Å²) in [5, 5.41) is 0.946. The van der Waals surface area contributed by atoms with Gasteiger partial charge < -0.3 is 4.42 Å². The van der Waals surface area contributed by atoms with Crippen LogP contribution in [-0.4, -0.2) is 6.29 Å². The van der Waals surface area contributed by atoms with Gasteiger partial charge in [0, 0.05) is 11.8 Å². The molecule has 0 bridgehead atoms. The Bertz CT molecular complexity index is 494. The standard InChI is InChI=1S/C13H14O2/c1-3-9-6-5-7-10-11(8-14)12(4-2)15-13(9)10/h5-8H,3-4H2,1-2H3. The van der Waals surface area contributed by atoms with E-state index in [2.05, 4.69) is 6.92 Å². The normalized spacial score (nSPS) is 10.8. The monoisotopic (exact) mass is 202 g/mol. The van der Waals surface area contributed by atoms with Crippen LogP contribution in [0.5, 0.6) is 0 Å². The SMILES string of the molecule is CCc1oc2c(CC)cccc2c1C=O. The molecule has 0 amide bonds. The minimum atomic E-state index is 0.711. The summed E-state index contributed by atoms with van der Waals surface area (Å²) >= 11 is 0. The molecule has 0 aliphatic carbocycles. The molecule has 2 rings (SSSR count). The van der Waals surface area contributed by atoms with Crippen molar-refractivity contribution in [3.63, 3.8) is 0 Å². The van der Waals surface area contributed by atoms with Gasteiger partial charge in [-0.05, 0) is 12.0 Å². The summed E-state index contributed by atoms with van der Waals surface area (Å²) in [6.45, 7) is 4.08. The highest BCUT2D eigenvalue weighted by molar-refractivity contribution is 5.98. The molecule has 0 N–H and O–H groups in total. The van der Waals surface area contributed by atoms with E-state index in [1.54, 1.807) is 0 Å². The summed E-state index contributed by atoms with van der Waals surface area (Å²) in [5.41, 5.74) is 2.75. The summed E-state index contributed by atoms with van der Waals surface area (Å²) in [7, 11) is 0. The van der Waals surface area contributed by atoms with Gasteiger partial charge in [0.2, 0.25) is 0 Å². The molecule has 2 aromatic rings. The number of aldehydes is 1. The Labute approximate surface area is 88.9 Å². The summed E-state index contributed by atoms with van der Waals surface area (Å²) < 4.78 is 5.73. The highest BCUT2D eigenvalue weighted by Gasteiger charge is 2.13. The third-order valence-electron chi connectivity index (χ3n) is 2.73. The predicted octanol–water partition coefficient (Wildman–Crippen LogP) is 3.37. The maximum Gasteiger partial charge on any atom is 0.154 e. The van der Waals surface area contributed by atoms with Crippen LogP contribution in [0, 0.1) is 0 Å². The smallest absolute Gasteiger partial charge is 0.154 e. The number of fused-ring (bicyclic) bond motifs is 1. The third kappa shape index (κ3) is 1.46. The van der Waals surface area contributed by atoms with E-state index in [1.807, 2.05) is 25.1 Å². The Morgan fingerprint density at radius 3 is 2.67 bits per heavy atom. The van der Waals surface area contributed by atoms with Crippen molar-refractivity contribution in [3.8, 4) is 0 Å².